The molecule has 1 aliphatic heterocycles. The summed E-state index contributed by atoms with van der Waals surface area (Å²) in [5, 5.41) is 5.92. The van der Waals surface area contributed by atoms with Gasteiger partial charge >= 0.3 is 6.03 Å². The number of nitrogens with zero attached hydrogens (tertiary/aromatic N) is 1. The standard InChI is InChI=1S/C9H15N3O/c1-2-3-4-10-5-7-12-8-6-11-9(12)13/h1,10H,3-8H2,(H,11,13). The number of nitrogens with one attached hydrogen (secondary N) is 2. The average Bonchev–Trinajstić information content (AvgIpc) is 2.52. The fourth-order valence-electron chi connectivity index (χ4n) is 1.22. The lowest BCUT2D eigenvalue weighted by molar-refractivity contribution is 0.217. The topological polar surface area (TPSA) is 44.4 Å². The number of hydrogen-bond donors (Lipinski definition) is 2. The summed E-state index contributed by atoms with van der Waals surface area (Å²) in [6, 6.07) is 0.0405. The second kappa shape index (κ2) is 5.44. The van der Waals surface area contributed by atoms with Gasteiger partial charge in [-0.1, -0.05) is 0 Å². The first kappa shape index (κ1) is 9.87. The second-order valence-corrected chi connectivity index (χ2v) is 2.92. The number of rotatable bonds is 5. The van der Waals surface area contributed by atoms with Gasteiger partial charge in [-0.3, -0.25) is 0 Å². The fraction of sp³-hybridized carbons (Fsp3) is 0.667. The van der Waals surface area contributed by atoms with E-state index in [0.717, 1.165) is 39.1 Å². The number of urea groups is 1. The molecule has 72 valence electrons. The van der Waals surface area contributed by atoms with E-state index in [1.165, 1.54) is 0 Å². The Bertz CT molecular complexity index is 209. The van der Waals surface area contributed by atoms with E-state index < -0.39 is 0 Å². The monoisotopic (exact) mass is 181 g/mol. The molecule has 0 saturated carbocycles. The molecule has 2 amide bonds. The third kappa shape index (κ3) is 3.34. The zero-order valence-electron chi connectivity index (χ0n) is 7.68. The van der Waals surface area contributed by atoms with Crippen LogP contribution < -0.4 is 10.6 Å². The first-order valence-corrected chi connectivity index (χ1v) is 4.51. The van der Waals surface area contributed by atoms with E-state index in [0.29, 0.717) is 0 Å². The molecule has 13 heavy (non-hydrogen) atoms. The average molecular weight is 181 g/mol. The Morgan fingerprint density at radius 2 is 2.46 bits per heavy atom. The summed E-state index contributed by atoms with van der Waals surface area (Å²) in [5.41, 5.74) is 0. The van der Waals surface area contributed by atoms with Crippen LogP contribution in [0.25, 0.3) is 0 Å². The molecule has 0 radical (unpaired) electrons. The normalized spacial score (nSPS) is 15.6. The van der Waals surface area contributed by atoms with Crippen LogP contribution in [-0.2, 0) is 0 Å². The quantitative estimate of drug-likeness (QED) is 0.449. The maximum Gasteiger partial charge on any atom is 0.317 e. The van der Waals surface area contributed by atoms with Gasteiger partial charge in [0.15, 0.2) is 0 Å². The smallest absolute Gasteiger partial charge is 0.317 e. The van der Waals surface area contributed by atoms with Crippen molar-refractivity contribution in [1.29, 1.82) is 0 Å². The van der Waals surface area contributed by atoms with Crippen molar-refractivity contribution in [3.8, 4) is 12.3 Å². The molecular formula is C9H15N3O. The Morgan fingerprint density at radius 1 is 1.62 bits per heavy atom. The van der Waals surface area contributed by atoms with Crippen molar-refractivity contribution in [2.45, 2.75) is 6.42 Å². The molecule has 0 atom stereocenters. The van der Waals surface area contributed by atoms with Gasteiger partial charge in [-0.2, -0.15) is 0 Å². The Morgan fingerprint density at radius 3 is 3.08 bits per heavy atom. The van der Waals surface area contributed by atoms with E-state index >= 15 is 0 Å². The summed E-state index contributed by atoms with van der Waals surface area (Å²) >= 11 is 0. The summed E-state index contributed by atoms with van der Waals surface area (Å²) in [6.07, 6.45) is 5.83. The summed E-state index contributed by atoms with van der Waals surface area (Å²) in [5.74, 6) is 2.55. The van der Waals surface area contributed by atoms with Crippen LogP contribution in [0.1, 0.15) is 6.42 Å². The zero-order valence-corrected chi connectivity index (χ0v) is 7.68. The maximum absolute atomic E-state index is 11.0. The Kier molecular flexibility index (Phi) is 4.13. The van der Waals surface area contributed by atoms with E-state index in [-0.39, 0.29) is 6.03 Å². The van der Waals surface area contributed by atoms with Crippen molar-refractivity contribution < 1.29 is 4.79 Å². The predicted molar refractivity (Wildman–Crippen MR) is 51.3 cm³/mol. The summed E-state index contributed by atoms with van der Waals surface area (Å²) < 4.78 is 0. The number of amides is 2. The van der Waals surface area contributed by atoms with Crippen LogP contribution in [0.15, 0.2) is 0 Å². The third-order valence-corrected chi connectivity index (χ3v) is 1.95. The molecule has 4 nitrogen and oxygen atoms in total. The molecule has 0 aliphatic carbocycles. The second-order valence-electron chi connectivity index (χ2n) is 2.92. The van der Waals surface area contributed by atoms with E-state index in [4.69, 9.17) is 6.42 Å². The van der Waals surface area contributed by atoms with Gasteiger partial charge in [0, 0.05) is 39.1 Å². The first-order valence-electron chi connectivity index (χ1n) is 4.51. The first-order chi connectivity index (χ1) is 6.34. The van der Waals surface area contributed by atoms with E-state index in [1.807, 2.05) is 0 Å². The molecule has 1 fully saturated rings. The minimum Gasteiger partial charge on any atom is -0.336 e. The molecule has 0 spiro atoms. The van der Waals surface area contributed by atoms with Crippen LogP contribution in [0.2, 0.25) is 0 Å². The lowest BCUT2D eigenvalue weighted by Crippen LogP contribution is -2.34. The highest BCUT2D eigenvalue weighted by Gasteiger charge is 2.17. The van der Waals surface area contributed by atoms with Crippen molar-refractivity contribution in [3.05, 3.63) is 0 Å². The zero-order chi connectivity index (χ0) is 9.52. The summed E-state index contributed by atoms with van der Waals surface area (Å²) in [4.78, 5) is 12.8. The summed E-state index contributed by atoms with van der Waals surface area (Å²) in [6.45, 7) is 3.98. The molecule has 1 heterocycles. The molecule has 2 N–H and O–H groups in total. The largest absolute Gasteiger partial charge is 0.336 e. The molecule has 0 aromatic heterocycles. The minimum atomic E-state index is 0.0405. The number of carbonyl (C=O) groups excluding carboxylic acids is 1. The van der Waals surface area contributed by atoms with Crippen molar-refractivity contribution in [2.24, 2.45) is 0 Å². The van der Waals surface area contributed by atoms with Gasteiger partial charge in [-0.25, -0.2) is 4.79 Å². The predicted octanol–water partition coefficient (Wildman–Crippen LogP) is -0.375. The highest BCUT2D eigenvalue weighted by atomic mass is 16.2. The number of carbonyl (C=O) groups is 1. The highest BCUT2D eigenvalue weighted by Crippen LogP contribution is 1.94. The highest BCUT2D eigenvalue weighted by molar-refractivity contribution is 5.76. The van der Waals surface area contributed by atoms with Crippen molar-refractivity contribution >= 4 is 6.03 Å². The van der Waals surface area contributed by atoms with Gasteiger partial charge in [0.1, 0.15) is 0 Å². The van der Waals surface area contributed by atoms with Crippen molar-refractivity contribution in [3.63, 3.8) is 0 Å². The Labute approximate surface area is 78.7 Å². The fourth-order valence-corrected chi connectivity index (χ4v) is 1.22. The minimum absolute atomic E-state index is 0.0405. The third-order valence-electron chi connectivity index (χ3n) is 1.95. The van der Waals surface area contributed by atoms with Gasteiger partial charge in [0.2, 0.25) is 0 Å². The van der Waals surface area contributed by atoms with E-state index in [2.05, 4.69) is 16.6 Å². The number of hydrogen-bond acceptors (Lipinski definition) is 2. The lowest BCUT2D eigenvalue weighted by atomic mass is 10.4. The van der Waals surface area contributed by atoms with Gasteiger partial charge in [-0.05, 0) is 0 Å². The van der Waals surface area contributed by atoms with Crippen LogP contribution in [0.4, 0.5) is 4.79 Å². The Hall–Kier alpha value is -1.21. The van der Waals surface area contributed by atoms with E-state index in [9.17, 15) is 4.79 Å². The SMILES string of the molecule is C#CCCNCCN1CCNC1=O. The van der Waals surface area contributed by atoms with Crippen LogP contribution in [-0.4, -0.2) is 43.7 Å². The maximum atomic E-state index is 11.0. The molecule has 1 saturated heterocycles. The van der Waals surface area contributed by atoms with Gasteiger partial charge in [-0.15, -0.1) is 12.3 Å². The van der Waals surface area contributed by atoms with Crippen molar-refractivity contribution in [2.75, 3.05) is 32.7 Å². The molecule has 1 aliphatic rings. The van der Waals surface area contributed by atoms with E-state index in [1.54, 1.807) is 4.90 Å². The van der Waals surface area contributed by atoms with Gasteiger partial charge in [0.05, 0.1) is 0 Å². The molecule has 0 unspecified atom stereocenters. The molecule has 0 aromatic carbocycles. The molecule has 0 aromatic rings. The lowest BCUT2D eigenvalue weighted by Gasteiger charge is -2.13. The summed E-state index contributed by atoms with van der Waals surface area (Å²) in [7, 11) is 0. The molecule has 1 rings (SSSR count). The van der Waals surface area contributed by atoms with Crippen LogP contribution in [0.5, 0.6) is 0 Å². The Balaban J connectivity index is 2.00. The van der Waals surface area contributed by atoms with Gasteiger partial charge in [0.25, 0.3) is 0 Å². The van der Waals surface area contributed by atoms with Crippen molar-refractivity contribution in [1.82, 2.24) is 15.5 Å². The van der Waals surface area contributed by atoms with Gasteiger partial charge < -0.3 is 15.5 Å². The van der Waals surface area contributed by atoms with Crippen LogP contribution in [0, 0.1) is 12.3 Å². The van der Waals surface area contributed by atoms with Crippen LogP contribution >= 0.6 is 0 Å². The molecular weight excluding hydrogens is 166 g/mol. The number of terminal acetylenes is 1. The van der Waals surface area contributed by atoms with Crippen LogP contribution in [0.3, 0.4) is 0 Å². The molecule has 0 bridgehead atoms. The molecule has 4 heteroatoms.